The molecule has 8 nitrogen and oxygen atoms in total. The van der Waals surface area contributed by atoms with E-state index in [2.05, 4.69) is 19.7 Å². The fourth-order valence-electron chi connectivity index (χ4n) is 2.35. The first-order valence-electron chi connectivity index (χ1n) is 7.34. The average Bonchev–Trinajstić information content (AvgIpc) is 3.16. The number of hydrogen-bond acceptors (Lipinski definition) is 7. The Bertz CT molecular complexity index is 1180. The van der Waals surface area contributed by atoms with Gasteiger partial charge in [0, 0.05) is 39.9 Å². The number of sulfone groups is 1. The Labute approximate surface area is 153 Å². The van der Waals surface area contributed by atoms with E-state index < -0.39 is 15.7 Å². The SMILES string of the molecule is Cc1[nH]c2ccccc2c1/C=C(/C#N)C(=O)Nc1nc(S(C)(=O)=O)ns1. The third kappa shape index (κ3) is 3.49. The maximum Gasteiger partial charge on any atom is 0.268 e. The van der Waals surface area contributed by atoms with Gasteiger partial charge in [-0.15, -0.1) is 0 Å². The highest BCUT2D eigenvalue weighted by atomic mass is 32.2. The minimum Gasteiger partial charge on any atom is -0.358 e. The van der Waals surface area contributed by atoms with Crippen LogP contribution in [0.3, 0.4) is 0 Å². The predicted molar refractivity (Wildman–Crippen MR) is 98.3 cm³/mol. The number of carbonyl (C=O) groups excluding carboxylic acids is 1. The molecule has 3 aromatic rings. The van der Waals surface area contributed by atoms with Crippen LogP contribution in [0.1, 0.15) is 11.3 Å². The van der Waals surface area contributed by atoms with Gasteiger partial charge in [0.2, 0.25) is 15.0 Å². The molecule has 2 heterocycles. The van der Waals surface area contributed by atoms with Gasteiger partial charge >= 0.3 is 0 Å². The van der Waals surface area contributed by atoms with Crippen molar-refractivity contribution in [1.82, 2.24) is 14.3 Å². The molecule has 3 rings (SSSR count). The number of nitriles is 1. The number of aryl methyl sites for hydroxylation is 1. The van der Waals surface area contributed by atoms with Crippen molar-refractivity contribution in [3.8, 4) is 6.07 Å². The van der Waals surface area contributed by atoms with Gasteiger partial charge in [-0.05, 0) is 19.1 Å². The lowest BCUT2D eigenvalue weighted by Crippen LogP contribution is -2.13. The van der Waals surface area contributed by atoms with Crippen molar-refractivity contribution in [2.45, 2.75) is 12.1 Å². The number of para-hydroxylation sites is 1. The van der Waals surface area contributed by atoms with Gasteiger partial charge in [-0.25, -0.2) is 8.42 Å². The van der Waals surface area contributed by atoms with Gasteiger partial charge in [-0.3, -0.25) is 10.1 Å². The fraction of sp³-hybridized carbons (Fsp3) is 0.125. The van der Waals surface area contributed by atoms with E-state index in [1.807, 2.05) is 37.3 Å². The minimum absolute atomic E-state index is 0.00669. The van der Waals surface area contributed by atoms with Crippen LogP contribution in [-0.4, -0.2) is 34.9 Å². The zero-order valence-electron chi connectivity index (χ0n) is 13.8. The molecule has 26 heavy (non-hydrogen) atoms. The Morgan fingerprint density at radius 3 is 2.77 bits per heavy atom. The highest BCUT2D eigenvalue weighted by Gasteiger charge is 2.18. The molecule has 1 aromatic carbocycles. The Kier molecular flexibility index (Phi) is 4.58. The second-order valence-electron chi connectivity index (χ2n) is 5.49. The van der Waals surface area contributed by atoms with Crippen LogP contribution < -0.4 is 5.32 Å². The number of nitrogens with zero attached hydrogens (tertiary/aromatic N) is 3. The molecular formula is C16H13N5O3S2. The van der Waals surface area contributed by atoms with Crippen molar-refractivity contribution in [3.63, 3.8) is 0 Å². The van der Waals surface area contributed by atoms with E-state index in [9.17, 15) is 18.5 Å². The number of fused-ring (bicyclic) bond motifs is 1. The lowest BCUT2D eigenvalue weighted by Gasteiger charge is -2.00. The number of amides is 1. The first-order chi connectivity index (χ1) is 12.3. The van der Waals surface area contributed by atoms with Crippen LogP contribution >= 0.6 is 11.5 Å². The molecule has 0 bridgehead atoms. The third-order valence-electron chi connectivity index (χ3n) is 3.56. The summed E-state index contributed by atoms with van der Waals surface area (Å²) in [4.78, 5) is 19.3. The largest absolute Gasteiger partial charge is 0.358 e. The highest BCUT2D eigenvalue weighted by molar-refractivity contribution is 7.90. The van der Waals surface area contributed by atoms with Crippen LogP contribution in [0.25, 0.3) is 17.0 Å². The first kappa shape index (κ1) is 17.8. The molecule has 0 aliphatic carbocycles. The number of aromatic amines is 1. The van der Waals surface area contributed by atoms with E-state index in [0.717, 1.165) is 39.9 Å². The molecule has 0 aliphatic heterocycles. The monoisotopic (exact) mass is 387 g/mol. The Morgan fingerprint density at radius 2 is 2.12 bits per heavy atom. The summed E-state index contributed by atoms with van der Waals surface area (Å²) >= 11 is 0.731. The van der Waals surface area contributed by atoms with Gasteiger partial charge in [-0.1, -0.05) is 18.2 Å². The highest BCUT2D eigenvalue weighted by Crippen LogP contribution is 2.24. The Balaban J connectivity index is 1.92. The number of aromatic nitrogens is 3. The number of benzene rings is 1. The topological polar surface area (TPSA) is 129 Å². The number of carbonyl (C=O) groups is 1. The molecule has 0 saturated carbocycles. The van der Waals surface area contributed by atoms with E-state index in [-0.39, 0.29) is 15.9 Å². The summed E-state index contributed by atoms with van der Waals surface area (Å²) in [6.07, 6.45) is 2.46. The van der Waals surface area contributed by atoms with Crippen LogP contribution in [0.4, 0.5) is 5.13 Å². The molecule has 2 N–H and O–H groups in total. The summed E-state index contributed by atoms with van der Waals surface area (Å²) in [5.74, 6) is -0.687. The molecule has 0 unspecified atom stereocenters. The van der Waals surface area contributed by atoms with Crippen molar-refractivity contribution >= 4 is 49.4 Å². The van der Waals surface area contributed by atoms with Crippen LogP contribution in [0.15, 0.2) is 35.0 Å². The molecule has 0 fully saturated rings. The fourth-order valence-corrected chi connectivity index (χ4v) is 3.79. The normalized spacial score (nSPS) is 12.1. The molecule has 0 atom stereocenters. The number of hydrogen-bond donors (Lipinski definition) is 2. The number of rotatable bonds is 4. The number of anilines is 1. The van der Waals surface area contributed by atoms with Crippen molar-refractivity contribution in [2.24, 2.45) is 0 Å². The van der Waals surface area contributed by atoms with Crippen molar-refractivity contribution in [3.05, 3.63) is 41.1 Å². The lowest BCUT2D eigenvalue weighted by molar-refractivity contribution is -0.112. The summed E-state index contributed by atoms with van der Waals surface area (Å²) in [6.45, 7) is 1.85. The molecule has 0 radical (unpaired) electrons. The maximum atomic E-state index is 12.4. The van der Waals surface area contributed by atoms with Crippen molar-refractivity contribution in [1.29, 1.82) is 5.26 Å². The molecule has 0 saturated heterocycles. The van der Waals surface area contributed by atoms with Crippen LogP contribution in [-0.2, 0) is 14.6 Å². The lowest BCUT2D eigenvalue weighted by atomic mass is 10.1. The van der Waals surface area contributed by atoms with E-state index in [1.54, 1.807) is 0 Å². The summed E-state index contributed by atoms with van der Waals surface area (Å²) in [5.41, 5.74) is 2.33. The predicted octanol–water partition coefficient (Wildman–Crippen LogP) is 2.28. The smallest absolute Gasteiger partial charge is 0.268 e. The molecule has 1 amide bonds. The molecule has 0 aliphatic rings. The summed E-state index contributed by atoms with van der Waals surface area (Å²) < 4.78 is 26.5. The quantitative estimate of drug-likeness (QED) is 0.522. The molecular weight excluding hydrogens is 374 g/mol. The number of nitrogens with one attached hydrogen (secondary N) is 2. The van der Waals surface area contributed by atoms with E-state index in [4.69, 9.17) is 0 Å². The van der Waals surface area contributed by atoms with Gasteiger partial charge in [0.1, 0.15) is 11.6 Å². The van der Waals surface area contributed by atoms with Crippen LogP contribution in [0, 0.1) is 18.3 Å². The van der Waals surface area contributed by atoms with Gasteiger partial charge in [0.25, 0.3) is 11.1 Å². The van der Waals surface area contributed by atoms with Crippen LogP contribution in [0.2, 0.25) is 0 Å². The third-order valence-corrected chi connectivity index (χ3v) is 5.15. The Morgan fingerprint density at radius 1 is 1.38 bits per heavy atom. The second-order valence-corrected chi connectivity index (χ2v) is 8.15. The molecule has 0 spiro atoms. The zero-order chi connectivity index (χ0) is 18.9. The standard InChI is InChI=1S/C16H13N5O3S2/c1-9-12(11-5-3-4-6-13(11)18-9)7-10(8-17)14(22)19-15-20-16(21-25-15)26(2,23)24/h3-7,18H,1-2H3,(H,19,20,21,22)/b10-7-. The molecule has 132 valence electrons. The first-order valence-corrected chi connectivity index (χ1v) is 10.0. The summed E-state index contributed by atoms with van der Waals surface area (Å²) in [7, 11) is -3.56. The summed E-state index contributed by atoms with van der Waals surface area (Å²) in [6, 6.07) is 9.41. The van der Waals surface area contributed by atoms with Crippen molar-refractivity contribution in [2.75, 3.05) is 11.6 Å². The maximum absolute atomic E-state index is 12.4. The second kappa shape index (κ2) is 6.70. The van der Waals surface area contributed by atoms with Crippen LogP contribution in [0.5, 0.6) is 0 Å². The van der Waals surface area contributed by atoms with E-state index >= 15 is 0 Å². The average molecular weight is 387 g/mol. The molecule has 2 aromatic heterocycles. The van der Waals surface area contributed by atoms with Gasteiger partial charge in [0.05, 0.1) is 0 Å². The summed E-state index contributed by atoms with van der Waals surface area (Å²) in [5, 5.41) is 12.3. The number of H-pyrrole nitrogens is 1. The zero-order valence-corrected chi connectivity index (χ0v) is 15.4. The van der Waals surface area contributed by atoms with Gasteiger partial charge in [0.15, 0.2) is 0 Å². The van der Waals surface area contributed by atoms with Gasteiger partial charge < -0.3 is 4.98 Å². The molecule has 10 heteroatoms. The van der Waals surface area contributed by atoms with Crippen molar-refractivity contribution < 1.29 is 13.2 Å². The Hall–Kier alpha value is -3.03. The van der Waals surface area contributed by atoms with E-state index in [0.29, 0.717) is 0 Å². The van der Waals surface area contributed by atoms with Gasteiger partial charge in [-0.2, -0.15) is 14.6 Å². The minimum atomic E-state index is -3.56. The van der Waals surface area contributed by atoms with E-state index in [1.165, 1.54) is 6.08 Å².